The molecule has 1 heterocycles. The molecule has 0 aliphatic rings. The van der Waals surface area contributed by atoms with Crippen LogP contribution in [0.5, 0.6) is 0 Å². The van der Waals surface area contributed by atoms with Gasteiger partial charge in [0.1, 0.15) is 0 Å². The van der Waals surface area contributed by atoms with E-state index in [0.29, 0.717) is 16.5 Å². The summed E-state index contributed by atoms with van der Waals surface area (Å²) < 4.78 is 1.76. The number of nitrogens with one attached hydrogen (secondary N) is 1. The van der Waals surface area contributed by atoms with Crippen LogP contribution in [0.2, 0.25) is 5.02 Å². The van der Waals surface area contributed by atoms with Gasteiger partial charge in [0, 0.05) is 15.1 Å². The minimum absolute atomic E-state index is 0.551. The molecule has 0 saturated heterocycles. The first kappa shape index (κ1) is 12.7. The van der Waals surface area contributed by atoms with Gasteiger partial charge in [-0.3, -0.25) is 0 Å². The molecule has 6 heteroatoms. The average molecular weight is 377 g/mol. The Hall–Kier alpha value is -0.780. The Morgan fingerprint density at radius 1 is 1.18 bits per heavy atom. The third-order valence-corrected chi connectivity index (χ3v) is 3.32. The molecule has 3 nitrogen and oxygen atoms in total. The van der Waals surface area contributed by atoms with Gasteiger partial charge in [0.15, 0.2) is 5.82 Å². The molecule has 0 radical (unpaired) electrons. The van der Waals surface area contributed by atoms with Crippen molar-refractivity contribution in [3.63, 3.8) is 0 Å². The zero-order valence-electron chi connectivity index (χ0n) is 8.55. The highest BCUT2D eigenvalue weighted by molar-refractivity contribution is 9.10. The Bertz CT molecular complexity index is 560. The summed E-state index contributed by atoms with van der Waals surface area (Å²) in [6, 6.07) is 7.31. The zero-order valence-corrected chi connectivity index (χ0v) is 12.5. The number of halogens is 3. The molecular weight excluding hydrogens is 369 g/mol. The van der Waals surface area contributed by atoms with E-state index >= 15 is 0 Å². The van der Waals surface area contributed by atoms with Crippen LogP contribution in [-0.4, -0.2) is 4.98 Å². The van der Waals surface area contributed by atoms with Gasteiger partial charge in [-0.1, -0.05) is 27.5 Å². The molecule has 0 fully saturated rings. The first-order valence-electron chi connectivity index (χ1n) is 4.69. The normalized spacial score (nSPS) is 10.3. The van der Waals surface area contributed by atoms with Crippen LogP contribution < -0.4 is 11.1 Å². The van der Waals surface area contributed by atoms with Crippen LogP contribution in [0, 0.1) is 0 Å². The molecule has 0 spiro atoms. The fourth-order valence-electron chi connectivity index (χ4n) is 1.28. The van der Waals surface area contributed by atoms with Crippen molar-refractivity contribution in [1.29, 1.82) is 0 Å². The number of nitrogens with zero attached hydrogens (tertiary/aromatic N) is 1. The van der Waals surface area contributed by atoms with E-state index in [1.165, 1.54) is 0 Å². The Kier molecular flexibility index (Phi) is 3.91. The Labute approximate surface area is 121 Å². The summed E-state index contributed by atoms with van der Waals surface area (Å²) in [7, 11) is 0. The smallest absolute Gasteiger partial charge is 0.153 e. The number of hydrogen-bond acceptors (Lipinski definition) is 3. The quantitative estimate of drug-likeness (QED) is 0.805. The van der Waals surface area contributed by atoms with Crippen molar-refractivity contribution >= 4 is 60.7 Å². The largest absolute Gasteiger partial charge is 0.396 e. The van der Waals surface area contributed by atoms with Crippen molar-refractivity contribution in [2.45, 2.75) is 0 Å². The summed E-state index contributed by atoms with van der Waals surface area (Å²) in [4.78, 5) is 4.19. The van der Waals surface area contributed by atoms with Gasteiger partial charge in [-0.15, -0.1) is 0 Å². The average Bonchev–Trinajstić information content (AvgIpc) is 2.27. The fourth-order valence-corrected chi connectivity index (χ4v) is 2.16. The van der Waals surface area contributed by atoms with Crippen molar-refractivity contribution in [2.75, 3.05) is 11.1 Å². The van der Waals surface area contributed by atoms with E-state index in [0.717, 1.165) is 14.6 Å². The third kappa shape index (κ3) is 3.12. The fraction of sp³-hybridized carbons (Fsp3) is 0. The second-order valence-electron chi connectivity index (χ2n) is 3.34. The van der Waals surface area contributed by atoms with E-state index in [9.17, 15) is 0 Å². The predicted octanol–water partition coefficient (Wildman–Crippen LogP) is 4.59. The van der Waals surface area contributed by atoms with Crippen LogP contribution in [0.25, 0.3) is 0 Å². The lowest BCUT2D eigenvalue weighted by Gasteiger charge is -2.10. The number of anilines is 3. The lowest BCUT2D eigenvalue weighted by atomic mass is 10.3. The third-order valence-electron chi connectivity index (χ3n) is 2.07. The predicted molar refractivity (Wildman–Crippen MR) is 78.8 cm³/mol. The standard InChI is InChI=1S/C11H8Br2ClN3/c12-6-1-2-8(14)10(4-6)17-11-9(15)3-7(13)5-16-11/h1-5H,15H2,(H,16,17). The minimum atomic E-state index is 0.551. The van der Waals surface area contributed by atoms with Crippen molar-refractivity contribution in [3.8, 4) is 0 Å². The van der Waals surface area contributed by atoms with Crippen molar-refractivity contribution in [3.05, 3.63) is 44.4 Å². The Morgan fingerprint density at radius 2 is 1.94 bits per heavy atom. The molecule has 0 amide bonds. The first-order chi connectivity index (χ1) is 8.06. The summed E-state index contributed by atoms with van der Waals surface area (Å²) in [5.41, 5.74) is 7.15. The van der Waals surface area contributed by atoms with Crippen molar-refractivity contribution < 1.29 is 0 Å². The van der Waals surface area contributed by atoms with Gasteiger partial charge < -0.3 is 11.1 Å². The van der Waals surface area contributed by atoms with Gasteiger partial charge in [-0.25, -0.2) is 4.98 Å². The maximum absolute atomic E-state index is 6.07. The number of rotatable bonds is 2. The van der Waals surface area contributed by atoms with E-state index in [4.69, 9.17) is 17.3 Å². The highest BCUT2D eigenvalue weighted by Gasteiger charge is 2.05. The monoisotopic (exact) mass is 375 g/mol. The molecule has 3 N–H and O–H groups in total. The number of benzene rings is 1. The lowest BCUT2D eigenvalue weighted by molar-refractivity contribution is 1.29. The number of nitrogens with two attached hydrogens (primary N) is 1. The highest BCUT2D eigenvalue weighted by Crippen LogP contribution is 2.30. The molecular formula is C11H8Br2ClN3. The topological polar surface area (TPSA) is 50.9 Å². The van der Waals surface area contributed by atoms with Crippen molar-refractivity contribution in [1.82, 2.24) is 4.98 Å². The van der Waals surface area contributed by atoms with Gasteiger partial charge in [0.25, 0.3) is 0 Å². The SMILES string of the molecule is Nc1cc(Br)cnc1Nc1cc(Br)ccc1Cl. The summed E-state index contributed by atoms with van der Waals surface area (Å²) in [5, 5.41) is 3.70. The zero-order chi connectivity index (χ0) is 12.4. The lowest BCUT2D eigenvalue weighted by Crippen LogP contribution is -1.99. The molecule has 17 heavy (non-hydrogen) atoms. The molecule has 2 rings (SSSR count). The van der Waals surface area contributed by atoms with Gasteiger partial charge in [0.05, 0.1) is 16.4 Å². The minimum Gasteiger partial charge on any atom is -0.396 e. The summed E-state index contributed by atoms with van der Waals surface area (Å²) in [6.45, 7) is 0. The molecule has 0 aliphatic carbocycles. The van der Waals surface area contributed by atoms with Crippen LogP contribution in [0.3, 0.4) is 0 Å². The number of pyridine rings is 1. The number of aromatic nitrogens is 1. The second kappa shape index (κ2) is 5.25. The van der Waals surface area contributed by atoms with Gasteiger partial charge >= 0.3 is 0 Å². The van der Waals surface area contributed by atoms with Gasteiger partial charge in [0.2, 0.25) is 0 Å². The Morgan fingerprint density at radius 3 is 2.65 bits per heavy atom. The molecule has 0 atom stereocenters. The summed E-state index contributed by atoms with van der Waals surface area (Å²) in [5.74, 6) is 0.577. The first-order valence-corrected chi connectivity index (χ1v) is 6.66. The maximum Gasteiger partial charge on any atom is 0.153 e. The molecule has 88 valence electrons. The highest BCUT2D eigenvalue weighted by atomic mass is 79.9. The molecule has 1 aromatic carbocycles. The van der Waals surface area contributed by atoms with E-state index in [-0.39, 0.29) is 0 Å². The summed E-state index contributed by atoms with van der Waals surface area (Å²) >= 11 is 12.8. The van der Waals surface area contributed by atoms with Crippen LogP contribution in [0.15, 0.2) is 39.4 Å². The molecule has 2 aromatic rings. The van der Waals surface area contributed by atoms with Crippen LogP contribution in [-0.2, 0) is 0 Å². The van der Waals surface area contributed by atoms with Gasteiger partial charge in [-0.2, -0.15) is 0 Å². The number of hydrogen-bond donors (Lipinski definition) is 2. The number of nitrogen functional groups attached to an aromatic ring is 1. The summed E-state index contributed by atoms with van der Waals surface area (Å²) in [6.07, 6.45) is 1.67. The molecule has 0 aliphatic heterocycles. The van der Waals surface area contributed by atoms with Crippen molar-refractivity contribution in [2.24, 2.45) is 0 Å². The second-order valence-corrected chi connectivity index (χ2v) is 5.58. The van der Waals surface area contributed by atoms with E-state index in [1.807, 2.05) is 12.1 Å². The maximum atomic E-state index is 6.07. The van der Waals surface area contributed by atoms with Gasteiger partial charge in [-0.05, 0) is 40.2 Å². The van der Waals surface area contributed by atoms with E-state index < -0.39 is 0 Å². The van der Waals surface area contributed by atoms with Crippen LogP contribution in [0.4, 0.5) is 17.2 Å². The van der Waals surface area contributed by atoms with Crippen LogP contribution in [0.1, 0.15) is 0 Å². The molecule has 0 bridgehead atoms. The molecule has 0 unspecified atom stereocenters. The molecule has 0 saturated carbocycles. The van der Waals surface area contributed by atoms with E-state index in [1.54, 1.807) is 18.3 Å². The van der Waals surface area contributed by atoms with Crippen LogP contribution >= 0.6 is 43.5 Å². The Balaban J connectivity index is 2.34. The molecule has 1 aromatic heterocycles. The van der Waals surface area contributed by atoms with E-state index in [2.05, 4.69) is 42.2 Å².